The van der Waals surface area contributed by atoms with E-state index in [2.05, 4.69) is 44.3 Å². The van der Waals surface area contributed by atoms with Crippen LogP contribution < -0.4 is 5.32 Å². The van der Waals surface area contributed by atoms with Gasteiger partial charge in [0.1, 0.15) is 0 Å². The smallest absolute Gasteiger partial charge is 0.0650 e. The van der Waals surface area contributed by atoms with Gasteiger partial charge in [-0.2, -0.15) is 0 Å². The summed E-state index contributed by atoms with van der Waals surface area (Å²) in [5.74, 6) is 0. The molecule has 1 rings (SSSR count). The standard InChI is InChI=1S/C15H25NO2/c1-5-15(9-17,10-18)16-13(4)14-7-11(2)6-12(3)8-14/h6-8,13,16-18H,5,9-10H2,1-4H3. The molecule has 1 unspecified atom stereocenters. The van der Waals surface area contributed by atoms with Crippen molar-refractivity contribution in [2.45, 2.75) is 45.7 Å². The van der Waals surface area contributed by atoms with Crippen LogP contribution in [0.5, 0.6) is 0 Å². The first kappa shape index (κ1) is 15.2. The van der Waals surface area contributed by atoms with Crippen LogP contribution in [0.4, 0.5) is 0 Å². The number of hydrogen-bond donors (Lipinski definition) is 3. The number of aryl methyl sites for hydroxylation is 2. The van der Waals surface area contributed by atoms with Crippen molar-refractivity contribution >= 4 is 0 Å². The minimum absolute atomic E-state index is 0.0604. The van der Waals surface area contributed by atoms with Crippen LogP contribution in [-0.2, 0) is 0 Å². The molecule has 1 aromatic rings. The number of benzene rings is 1. The Hall–Kier alpha value is -0.900. The van der Waals surface area contributed by atoms with E-state index in [1.165, 1.54) is 16.7 Å². The molecule has 3 heteroatoms. The SMILES string of the molecule is CCC(CO)(CO)NC(C)c1cc(C)cc(C)c1. The fourth-order valence-electron chi connectivity index (χ4n) is 2.27. The minimum Gasteiger partial charge on any atom is -0.394 e. The van der Waals surface area contributed by atoms with Crippen molar-refractivity contribution in [2.75, 3.05) is 13.2 Å². The fraction of sp³-hybridized carbons (Fsp3) is 0.600. The number of aliphatic hydroxyl groups is 2. The van der Waals surface area contributed by atoms with Crippen LogP contribution in [0.2, 0.25) is 0 Å². The number of rotatable bonds is 6. The van der Waals surface area contributed by atoms with E-state index in [4.69, 9.17) is 0 Å². The maximum Gasteiger partial charge on any atom is 0.0650 e. The fourth-order valence-corrected chi connectivity index (χ4v) is 2.27. The predicted molar refractivity (Wildman–Crippen MR) is 74.7 cm³/mol. The quantitative estimate of drug-likeness (QED) is 0.725. The molecule has 0 radical (unpaired) electrons. The molecule has 0 aliphatic heterocycles. The highest BCUT2D eigenvalue weighted by atomic mass is 16.3. The lowest BCUT2D eigenvalue weighted by Gasteiger charge is -2.33. The normalized spacial score (nSPS) is 13.7. The molecule has 0 aliphatic carbocycles. The highest BCUT2D eigenvalue weighted by Gasteiger charge is 2.28. The molecular weight excluding hydrogens is 226 g/mol. The van der Waals surface area contributed by atoms with E-state index in [0.29, 0.717) is 6.42 Å². The van der Waals surface area contributed by atoms with Crippen LogP contribution in [0.25, 0.3) is 0 Å². The van der Waals surface area contributed by atoms with Gasteiger partial charge in [-0.3, -0.25) is 0 Å². The van der Waals surface area contributed by atoms with Gasteiger partial charge in [-0.25, -0.2) is 0 Å². The van der Waals surface area contributed by atoms with Gasteiger partial charge in [0.05, 0.1) is 18.8 Å². The van der Waals surface area contributed by atoms with Gasteiger partial charge in [0.15, 0.2) is 0 Å². The third kappa shape index (κ3) is 3.55. The van der Waals surface area contributed by atoms with Gasteiger partial charge in [0.25, 0.3) is 0 Å². The van der Waals surface area contributed by atoms with Crippen molar-refractivity contribution in [2.24, 2.45) is 0 Å². The van der Waals surface area contributed by atoms with Crippen molar-refractivity contribution in [3.63, 3.8) is 0 Å². The van der Waals surface area contributed by atoms with E-state index in [0.717, 1.165) is 0 Å². The maximum atomic E-state index is 9.46. The Morgan fingerprint density at radius 3 is 2.00 bits per heavy atom. The van der Waals surface area contributed by atoms with Crippen LogP contribution in [0.3, 0.4) is 0 Å². The van der Waals surface area contributed by atoms with Crippen LogP contribution in [0.1, 0.15) is 43.0 Å². The molecule has 0 fully saturated rings. The van der Waals surface area contributed by atoms with Crippen LogP contribution in [-0.4, -0.2) is 29.0 Å². The average molecular weight is 251 g/mol. The number of nitrogens with one attached hydrogen (secondary N) is 1. The van der Waals surface area contributed by atoms with Crippen molar-refractivity contribution in [3.05, 3.63) is 34.9 Å². The Balaban J connectivity index is 2.90. The van der Waals surface area contributed by atoms with Crippen molar-refractivity contribution in [3.8, 4) is 0 Å². The first-order valence-electron chi connectivity index (χ1n) is 6.54. The Kier molecular flexibility index (Phi) is 5.32. The molecule has 102 valence electrons. The Bertz CT molecular complexity index is 358. The van der Waals surface area contributed by atoms with Crippen molar-refractivity contribution < 1.29 is 10.2 Å². The zero-order valence-electron chi connectivity index (χ0n) is 11.8. The molecule has 0 saturated carbocycles. The summed E-state index contributed by atoms with van der Waals surface area (Å²) in [4.78, 5) is 0. The van der Waals surface area contributed by atoms with Crippen molar-refractivity contribution in [1.82, 2.24) is 5.32 Å². The monoisotopic (exact) mass is 251 g/mol. The van der Waals surface area contributed by atoms with Gasteiger partial charge in [0.2, 0.25) is 0 Å². The number of hydrogen-bond acceptors (Lipinski definition) is 3. The maximum absolute atomic E-state index is 9.46. The van der Waals surface area contributed by atoms with E-state index in [9.17, 15) is 10.2 Å². The second-order valence-corrected chi connectivity index (χ2v) is 5.24. The summed E-state index contributed by atoms with van der Waals surface area (Å²) in [7, 11) is 0. The summed E-state index contributed by atoms with van der Waals surface area (Å²) in [6.07, 6.45) is 0.690. The molecule has 0 amide bonds. The third-order valence-electron chi connectivity index (χ3n) is 3.55. The summed E-state index contributed by atoms with van der Waals surface area (Å²) in [5, 5.41) is 22.3. The van der Waals surface area contributed by atoms with Gasteiger partial charge >= 0.3 is 0 Å². The van der Waals surface area contributed by atoms with Gasteiger partial charge < -0.3 is 15.5 Å². The summed E-state index contributed by atoms with van der Waals surface area (Å²) in [6, 6.07) is 6.52. The Morgan fingerprint density at radius 2 is 1.61 bits per heavy atom. The van der Waals surface area contributed by atoms with Crippen LogP contribution in [0.15, 0.2) is 18.2 Å². The van der Waals surface area contributed by atoms with Gasteiger partial charge in [-0.1, -0.05) is 36.2 Å². The number of aliphatic hydroxyl groups excluding tert-OH is 2. The molecule has 1 aromatic carbocycles. The molecule has 0 heterocycles. The van der Waals surface area contributed by atoms with Crippen molar-refractivity contribution in [1.29, 1.82) is 0 Å². The van der Waals surface area contributed by atoms with E-state index in [-0.39, 0.29) is 19.3 Å². The Labute approximate surface area is 110 Å². The minimum atomic E-state index is -0.600. The first-order chi connectivity index (χ1) is 8.46. The summed E-state index contributed by atoms with van der Waals surface area (Å²) in [5.41, 5.74) is 3.05. The average Bonchev–Trinajstić information content (AvgIpc) is 2.35. The van der Waals surface area contributed by atoms with E-state index < -0.39 is 5.54 Å². The second-order valence-electron chi connectivity index (χ2n) is 5.24. The lowest BCUT2D eigenvalue weighted by Crippen LogP contribution is -2.52. The molecular formula is C15H25NO2. The molecule has 0 aliphatic rings. The lowest BCUT2D eigenvalue weighted by atomic mass is 9.94. The molecule has 3 nitrogen and oxygen atoms in total. The largest absolute Gasteiger partial charge is 0.394 e. The topological polar surface area (TPSA) is 52.5 Å². The van der Waals surface area contributed by atoms with Gasteiger partial charge in [0, 0.05) is 6.04 Å². The Morgan fingerprint density at radius 1 is 1.11 bits per heavy atom. The van der Waals surface area contributed by atoms with Gasteiger partial charge in [-0.15, -0.1) is 0 Å². The van der Waals surface area contributed by atoms with E-state index in [1.54, 1.807) is 0 Å². The molecule has 18 heavy (non-hydrogen) atoms. The predicted octanol–water partition coefficient (Wildman–Crippen LogP) is 2.09. The van der Waals surface area contributed by atoms with E-state index in [1.807, 2.05) is 6.92 Å². The van der Waals surface area contributed by atoms with E-state index >= 15 is 0 Å². The zero-order valence-corrected chi connectivity index (χ0v) is 11.8. The second kappa shape index (κ2) is 6.32. The first-order valence-corrected chi connectivity index (χ1v) is 6.54. The summed E-state index contributed by atoms with van der Waals surface area (Å²) in [6.45, 7) is 8.06. The lowest BCUT2D eigenvalue weighted by molar-refractivity contribution is 0.0793. The summed E-state index contributed by atoms with van der Waals surface area (Å²) >= 11 is 0. The zero-order chi connectivity index (χ0) is 13.8. The highest BCUT2D eigenvalue weighted by Crippen LogP contribution is 2.21. The molecule has 1 atom stereocenters. The summed E-state index contributed by atoms with van der Waals surface area (Å²) < 4.78 is 0. The molecule has 3 N–H and O–H groups in total. The molecule has 0 aromatic heterocycles. The third-order valence-corrected chi connectivity index (χ3v) is 3.55. The van der Waals surface area contributed by atoms with Gasteiger partial charge in [-0.05, 0) is 32.8 Å². The van der Waals surface area contributed by atoms with Crippen LogP contribution in [0, 0.1) is 13.8 Å². The molecule has 0 bridgehead atoms. The highest BCUT2D eigenvalue weighted by molar-refractivity contribution is 5.30. The molecule has 0 spiro atoms. The van der Waals surface area contributed by atoms with Crippen LogP contribution >= 0.6 is 0 Å². The molecule has 0 saturated heterocycles.